The minimum atomic E-state index is -0.934. The maximum Gasteiger partial charge on any atom is 0.320 e. The molecule has 118 valence electrons. The number of aliphatic carboxylic acids is 1. The van der Waals surface area contributed by atoms with Gasteiger partial charge < -0.3 is 25.4 Å². The molecule has 8 nitrogen and oxygen atoms in total. The topological polar surface area (TPSA) is 113 Å². The molecular weight excluding hydrogens is 278 g/mol. The van der Waals surface area contributed by atoms with Gasteiger partial charge in [0.15, 0.2) is 0 Å². The second kappa shape index (κ2) is 6.75. The molecule has 0 aliphatic carbocycles. The number of ether oxygens (including phenoxy) is 1. The summed E-state index contributed by atoms with van der Waals surface area (Å²) in [5.74, 6) is -1.40. The molecule has 1 unspecified atom stereocenters. The molecule has 2 saturated heterocycles. The first kappa shape index (κ1) is 15.6. The van der Waals surface area contributed by atoms with Crippen molar-refractivity contribution in [3.05, 3.63) is 0 Å². The van der Waals surface area contributed by atoms with Gasteiger partial charge in [0.2, 0.25) is 5.91 Å². The Morgan fingerprint density at radius 2 is 1.81 bits per heavy atom. The van der Waals surface area contributed by atoms with Crippen molar-refractivity contribution in [2.24, 2.45) is 11.7 Å². The first-order valence-electron chi connectivity index (χ1n) is 7.14. The van der Waals surface area contributed by atoms with E-state index in [1.165, 1.54) is 0 Å². The van der Waals surface area contributed by atoms with Gasteiger partial charge in [0, 0.05) is 32.1 Å². The number of carboxylic acids is 1. The van der Waals surface area contributed by atoms with E-state index in [9.17, 15) is 14.4 Å². The number of nitrogens with zero attached hydrogens (tertiary/aromatic N) is 2. The van der Waals surface area contributed by atoms with Crippen LogP contribution in [-0.2, 0) is 14.3 Å². The minimum absolute atomic E-state index is 0.104. The van der Waals surface area contributed by atoms with E-state index in [1.807, 2.05) is 0 Å². The van der Waals surface area contributed by atoms with Crippen LogP contribution in [0.2, 0.25) is 0 Å². The molecule has 0 radical (unpaired) electrons. The summed E-state index contributed by atoms with van der Waals surface area (Å²) in [7, 11) is 0. The highest BCUT2D eigenvalue weighted by molar-refractivity contribution is 5.78. The lowest BCUT2D eigenvalue weighted by molar-refractivity contribution is -0.141. The summed E-state index contributed by atoms with van der Waals surface area (Å²) < 4.78 is 5.35. The van der Waals surface area contributed by atoms with Gasteiger partial charge in [-0.2, -0.15) is 0 Å². The summed E-state index contributed by atoms with van der Waals surface area (Å²) in [6.07, 6.45) is 0.616. The Hall–Kier alpha value is -1.83. The van der Waals surface area contributed by atoms with Crippen molar-refractivity contribution < 1.29 is 24.2 Å². The highest BCUT2D eigenvalue weighted by atomic mass is 16.5. The van der Waals surface area contributed by atoms with Crippen LogP contribution in [0.5, 0.6) is 0 Å². The van der Waals surface area contributed by atoms with Crippen molar-refractivity contribution in [1.82, 2.24) is 9.80 Å². The van der Waals surface area contributed by atoms with Gasteiger partial charge in [-0.15, -0.1) is 0 Å². The number of hydrogen-bond acceptors (Lipinski definition) is 4. The second-order valence-corrected chi connectivity index (χ2v) is 5.48. The van der Waals surface area contributed by atoms with Gasteiger partial charge in [-0.25, -0.2) is 4.79 Å². The fourth-order valence-corrected chi connectivity index (χ4v) is 2.77. The molecule has 2 aliphatic rings. The van der Waals surface area contributed by atoms with Crippen molar-refractivity contribution in [3.8, 4) is 0 Å². The van der Waals surface area contributed by atoms with Crippen LogP contribution in [0.4, 0.5) is 4.79 Å². The first-order valence-corrected chi connectivity index (χ1v) is 7.14. The van der Waals surface area contributed by atoms with E-state index >= 15 is 0 Å². The average Bonchev–Trinajstić information content (AvgIpc) is 2.46. The molecule has 0 saturated carbocycles. The maximum absolute atomic E-state index is 12.4. The number of likely N-dealkylation sites (tertiary alicyclic amines) is 1. The maximum atomic E-state index is 12.4. The van der Waals surface area contributed by atoms with Gasteiger partial charge in [-0.3, -0.25) is 9.59 Å². The zero-order valence-electron chi connectivity index (χ0n) is 11.9. The van der Waals surface area contributed by atoms with Crippen molar-refractivity contribution >= 4 is 17.9 Å². The molecule has 3 N–H and O–H groups in total. The van der Waals surface area contributed by atoms with Crippen LogP contribution in [0.1, 0.15) is 19.3 Å². The predicted octanol–water partition coefficient (Wildman–Crippen LogP) is -0.521. The number of urea groups is 1. The van der Waals surface area contributed by atoms with Gasteiger partial charge in [0.25, 0.3) is 0 Å². The molecule has 0 aromatic carbocycles. The van der Waals surface area contributed by atoms with E-state index in [1.54, 1.807) is 9.80 Å². The van der Waals surface area contributed by atoms with E-state index in [4.69, 9.17) is 15.6 Å². The Balaban J connectivity index is 1.85. The van der Waals surface area contributed by atoms with Crippen LogP contribution in [0.15, 0.2) is 0 Å². The van der Waals surface area contributed by atoms with Crippen LogP contribution in [0.3, 0.4) is 0 Å². The second-order valence-electron chi connectivity index (χ2n) is 5.48. The van der Waals surface area contributed by atoms with Gasteiger partial charge >= 0.3 is 12.0 Å². The minimum Gasteiger partial charge on any atom is -0.481 e. The Labute approximate surface area is 122 Å². The summed E-state index contributed by atoms with van der Waals surface area (Å²) in [6.45, 7) is 2.12. The Bertz CT molecular complexity index is 420. The van der Waals surface area contributed by atoms with Gasteiger partial charge in [0.05, 0.1) is 19.1 Å². The number of nitrogens with two attached hydrogens (primary N) is 1. The summed E-state index contributed by atoms with van der Waals surface area (Å²) >= 11 is 0. The third-order valence-corrected chi connectivity index (χ3v) is 3.98. The summed E-state index contributed by atoms with van der Waals surface area (Å²) in [5, 5.41) is 8.78. The molecule has 2 fully saturated rings. The Morgan fingerprint density at radius 1 is 1.14 bits per heavy atom. The fraction of sp³-hybridized carbons (Fsp3) is 0.769. The number of carboxylic acid groups (broad SMARTS) is 1. The van der Waals surface area contributed by atoms with Crippen LogP contribution in [-0.4, -0.2) is 71.7 Å². The van der Waals surface area contributed by atoms with Crippen LogP contribution in [0.25, 0.3) is 0 Å². The van der Waals surface area contributed by atoms with E-state index in [0.29, 0.717) is 45.6 Å². The van der Waals surface area contributed by atoms with Crippen LogP contribution in [0, 0.1) is 5.92 Å². The Morgan fingerprint density at radius 3 is 2.38 bits per heavy atom. The number of primary amides is 1. The molecule has 0 spiro atoms. The lowest BCUT2D eigenvalue weighted by Gasteiger charge is -2.38. The number of amides is 3. The molecule has 21 heavy (non-hydrogen) atoms. The van der Waals surface area contributed by atoms with Crippen molar-refractivity contribution in [3.63, 3.8) is 0 Å². The standard InChI is InChI=1S/C13H21N3O5/c14-12(19)9-1-3-15(4-2-9)13(20)16-5-6-21-10(8-16)7-11(17)18/h9-10H,1-8H2,(H2,14,19)(H,17,18). The molecule has 2 aliphatic heterocycles. The first-order chi connectivity index (χ1) is 9.97. The number of hydrogen-bond donors (Lipinski definition) is 2. The molecule has 2 heterocycles. The van der Waals surface area contributed by atoms with E-state index < -0.39 is 12.1 Å². The van der Waals surface area contributed by atoms with Crippen molar-refractivity contribution in [2.45, 2.75) is 25.4 Å². The number of carbonyl (C=O) groups is 3. The zero-order chi connectivity index (χ0) is 15.4. The number of carbonyl (C=O) groups excluding carboxylic acids is 2. The highest BCUT2D eigenvalue weighted by Crippen LogP contribution is 2.19. The quantitative estimate of drug-likeness (QED) is 0.728. The third kappa shape index (κ3) is 4.07. The Kier molecular flexibility index (Phi) is 5.00. The predicted molar refractivity (Wildman–Crippen MR) is 72.5 cm³/mol. The summed E-state index contributed by atoms with van der Waals surface area (Å²) in [4.78, 5) is 37.5. The molecule has 0 aromatic heterocycles. The molecule has 1 atom stereocenters. The lowest BCUT2D eigenvalue weighted by atomic mass is 9.96. The van der Waals surface area contributed by atoms with Crippen molar-refractivity contribution in [1.29, 1.82) is 0 Å². The van der Waals surface area contributed by atoms with Crippen LogP contribution >= 0.6 is 0 Å². The van der Waals surface area contributed by atoms with Gasteiger partial charge in [-0.1, -0.05) is 0 Å². The molecule has 2 rings (SSSR count). The normalized spacial score (nSPS) is 23.9. The van der Waals surface area contributed by atoms with E-state index in [2.05, 4.69) is 0 Å². The molecule has 0 bridgehead atoms. The average molecular weight is 299 g/mol. The smallest absolute Gasteiger partial charge is 0.320 e. The molecule has 3 amide bonds. The highest BCUT2D eigenvalue weighted by Gasteiger charge is 2.31. The molecule has 8 heteroatoms. The lowest BCUT2D eigenvalue weighted by Crippen LogP contribution is -2.53. The zero-order valence-corrected chi connectivity index (χ0v) is 11.9. The summed E-state index contributed by atoms with van der Waals surface area (Å²) in [6, 6.07) is -0.114. The largest absolute Gasteiger partial charge is 0.481 e. The fourth-order valence-electron chi connectivity index (χ4n) is 2.77. The monoisotopic (exact) mass is 299 g/mol. The summed E-state index contributed by atoms with van der Waals surface area (Å²) in [5.41, 5.74) is 5.27. The number of piperidine rings is 1. The SMILES string of the molecule is NC(=O)C1CCN(C(=O)N2CCOC(CC(=O)O)C2)CC1. The number of rotatable bonds is 3. The van der Waals surface area contributed by atoms with Crippen molar-refractivity contribution in [2.75, 3.05) is 32.8 Å². The van der Waals surface area contributed by atoms with E-state index in [-0.39, 0.29) is 24.3 Å². The van der Waals surface area contributed by atoms with Gasteiger partial charge in [-0.05, 0) is 12.8 Å². The number of morpholine rings is 1. The van der Waals surface area contributed by atoms with Crippen LogP contribution < -0.4 is 5.73 Å². The third-order valence-electron chi connectivity index (χ3n) is 3.98. The molecular formula is C13H21N3O5. The molecule has 0 aromatic rings. The van der Waals surface area contributed by atoms with E-state index in [0.717, 1.165) is 0 Å². The van der Waals surface area contributed by atoms with Gasteiger partial charge in [0.1, 0.15) is 0 Å².